The summed E-state index contributed by atoms with van der Waals surface area (Å²) >= 11 is 0. The van der Waals surface area contributed by atoms with Gasteiger partial charge in [0.1, 0.15) is 73.2 Å². The molecule has 0 saturated carbocycles. The van der Waals surface area contributed by atoms with Crippen LogP contribution in [0.4, 0.5) is 0 Å². The fourth-order valence-corrected chi connectivity index (χ4v) is 13.2. The molecule has 3 fully saturated rings. The van der Waals surface area contributed by atoms with E-state index in [0.29, 0.717) is 12.8 Å². The van der Waals surface area contributed by atoms with E-state index >= 15 is 0 Å². The van der Waals surface area contributed by atoms with Crippen molar-refractivity contribution in [1.82, 2.24) is 5.32 Å². The SMILES string of the molecule is CC/C=C\C/C=C\C/C=C\C/C=C\C/C=C\C/C=C\CCCCCCCCC(=O)NC(COC1OC(CO)C(OC2OC(CO)C(OC3OC(CO)C(O)C(O)C3O)C(O)C2O)C(O)C1O)C(O)/C=C/CC/C=C/CCCCCCCCCCCCCCCCCCCCCCCCCCCC. The molecule has 19 nitrogen and oxygen atoms in total. The van der Waals surface area contributed by atoms with Crippen LogP contribution in [0.25, 0.3) is 0 Å². The number of unbranched alkanes of at least 4 members (excludes halogenated alkanes) is 33. The van der Waals surface area contributed by atoms with Gasteiger partial charge in [-0.15, -0.1) is 0 Å². The minimum atomic E-state index is -1.99. The van der Waals surface area contributed by atoms with Crippen LogP contribution in [-0.2, 0) is 33.2 Å². The first kappa shape index (κ1) is 92.9. The number of hydrogen-bond acceptors (Lipinski definition) is 18. The number of nitrogens with one attached hydrogen (secondary N) is 1. The summed E-state index contributed by atoms with van der Waals surface area (Å²) in [6.45, 7) is 1.61. The summed E-state index contributed by atoms with van der Waals surface area (Å²) in [6, 6.07) is -1.01. The van der Waals surface area contributed by atoms with Gasteiger partial charge in [-0.3, -0.25) is 4.79 Å². The molecule has 19 heteroatoms. The lowest BCUT2D eigenvalue weighted by atomic mass is 9.96. The molecule has 3 aliphatic heterocycles. The standard InChI is InChI=1S/C83H145NO18/c1-3-5-7-9-11-13-15-17-19-21-23-25-27-29-30-31-32-33-34-35-37-38-40-42-44-46-48-50-52-54-56-58-60-67(88)66(84-71(89)61-59-57-55-53-51-49-47-45-43-41-39-36-28-26-24-22-20-18-16-14-12-10-8-6-4-2)65-97-81-77(95)74(92)79(69(63-86)99-81)102-83-78(96)75(93)80(70(64-87)100-83)101-82-76(94)73(91)72(90)68(62-85)98-82/h6,8,12,14,18,20,24,26,36,39,43,45,50,52,58,60,66-70,72-83,85-88,90-96H,3-5,7,9-11,13,15-17,19,21-23,25,27-35,37-38,40-42,44,46-49,51,53-57,59,61-65H2,1-2H3,(H,84,89)/b8-6-,14-12-,20-18-,26-24-,39-36-,45-43-,52-50+,60-58+. The van der Waals surface area contributed by atoms with Gasteiger partial charge in [-0.05, 0) is 83.5 Å². The molecule has 0 bridgehead atoms. The number of aliphatic hydroxyl groups is 11. The topological polar surface area (TPSA) is 307 Å². The lowest BCUT2D eigenvalue weighted by Gasteiger charge is -2.48. The average molecular weight is 1450 g/mol. The molecule has 17 atom stereocenters. The molecule has 0 aromatic rings. The van der Waals surface area contributed by atoms with Gasteiger partial charge in [-0.25, -0.2) is 0 Å². The van der Waals surface area contributed by atoms with Crippen LogP contribution in [0.3, 0.4) is 0 Å². The number of rotatable bonds is 63. The van der Waals surface area contributed by atoms with Crippen molar-refractivity contribution in [2.45, 2.75) is 394 Å². The Morgan fingerprint density at radius 3 is 1.10 bits per heavy atom. The molecule has 12 N–H and O–H groups in total. The minimum absolute atomic E-state index is 0.213. The number of hydrogen-bond donors (Lipinski definition) is 12. The van der Waals surface area contributed by atoms with E-state index in [2.05, 4.69) is 104 Å². The molecule has 0 aliphatic carbocycles. The molecular formula is C83H145NO18. The van der Waals surface area contributed by atoms with Gasteiger partial charge in [0.25, 0.3) is 0 Å². The molecule has 17 unspecified atom stereocenters. The second-order valence-electron chi connectivity index (χ2n) is 28.5. The van der Waals surface area contributed by atoms with Crippen LogP contribution in [0.15, 0.2) is 97.2 Å². The summed E-state index contributed by atoms with van der Waals surface area (Å²) in [5, 5.41) is 121. The molecule has 102 heavy (non-hydrogen) atoms. The highest BCUT2D eigenvalue weighted by atomic mass is 16.8. The first-order chi connectivity index (χ1) is 49.8. The van der Waals surface area contributed by atoms with Crippen LogP contribution in [-0.4, -0.2) is 193 Å². The van der Waals surface area contributed by atoms with Crippen LogP contribution >= 0.6 is 0 Å². The first-order valence-electron chi connectivity index (χ1n) is 40.5. The van der Waals surface area contributed by atoms with Crippen LogP contribution in [0, 0.1) is 0 Å². The molecule has 3 saturated heterocycles. The summed E-state index contributed by atoms with van der Waals surface area (Å²) in [7, 11) is 0. The van der Waals surface area contributed by atoms with Crippen molar-refractivity contribution in [2.24, 2.45) is 0 Å². The fraction of sp³-hybridized carbons (Fsp3) is 0.795. The Labute approximate surface area is 615 Å². The van der Waals surface area contributed by atoms with E-state index in [1.165, 1.54) is 161 Å². The molecule has 1 amide bonds. The Kier molecular flexibility index (Phi) is 57.1. The molecule has 3 rings (SSSR count). The van der Waals surface area contributed by atoms with Crippen molar-refractivity contribution < 1.29 is 89.4 Å². The van der Waals surface area contributed by atoms with Crippen molar-refractivity contribution in [3.8, 4) is 0 Å². The molecule has 590 valence electrons. The van der Waals surface area contributed by atoms with Crippen molar-refractivity contribution in [1.29, 1.82) is 0 Å². The summed E-state index contributed by atoms with van der Waals surface area (Å²) in [6.07, 6.45) is 58.3. The zero-order chi connectivity index (χ0) is 73.9. The molecule has 0 radical (unpaired) electrons. The largest absolute Gasteiger partial charge is 0.394 e. The van der Waals surface area contributed by atoms with Gasteiger partial charge >= 0.3 is 0 Å². The fourth-order valence-electron chi connectivity index (χ4n) is 13.2. The molecule has 3 aliphatic rings. The Morgan fingerprint density at radius 1 is 0.363 bits per heavy atom. The predicted octanol–water partition coefficient (Wildman–Crippen LogP) is 13.6. The van der Waals surface area contributed by atoms with Crippen LogP contribution in [0.2, 0.25) is 0 Å². The maximum Gasteiger partial charge on any atom is 0.220 e. The van der Waals surface area contributed by atoms with Gasteiger partial charge in [-0.1, -0.05) is 297 Å². The Hall–Kier alpha value is -3.29. The second kappa shape index (κ2) is 62.7. The summed E-state index contributed by atoms with van der Waals surface area (Å²) in [5.41, 5.74) is 0. The van der Waals surface area contributed by atoms with E-state index < -0.39 is 124 Å². The maximum atomic E-state index is 13.5. The highest BCUT2D eigenvalue weighted by molar-refractivity contribution is 5.76. The molecule has 0 aromatic heterocycles. The second-order valence-corrected chi connectivity index (χ2v) is 28.5. The van der Waals surface area contributed by atoms with Crippen molar-refractivity contribution in [3.05, 3.63) is 97.2 Å². The van der Waals surface area contributed by atoms with Crippen molar-refractivity contribution in [3.63, 3.8) is 0 Å². The Balaban J connectivity index is 1.39. The van der Waals surface area contributed by atoms with E-state index in [0.717, 1.165) is 96.3 Å². The molecule has 3 heterocycles. The Bertz CT molecular complexity index is 2220. The molecular weight excluding hydrogens is 1300 g/mol. The van der Waals surface area contributed by atoms with E-state index in [1.807, 2.05) is 6.08 Å². The number of allylic oxidation sites excluding steroid dienone is 15. The predicted molar refractivity (Wildman–Crippen MR) is 406 cm³/mol. The zero-order valence-corrected chi connectivity index (χ0v) is 63.1. The monoisotopic (exact) mass is 1440 g/mol. The van der Waals surface area contributed by atoms with Gasteiger partial charge in [0.2, 0.25) is 5.91 Å². The average Bonchev–Trinajstić information content (AvgIpc) is 0.781. The van der Waals surface area contributed by atoms with Gasteiger partial charge < -0.3 is 89.9 Å². The van der Waals surface area contributed by atoms with Gasteiger partial charge in [0.15, 0.2) is 18.9 Å². The lowest BCUT2D eigenvalue weighted by Crippen LogP contribution is -2.66. The number of carbonyl (C=O) groups is 1. The van der Waals surface area contributed by atoms with Gasteiger partial charge in [0.05, 0.1) is 38.6 Å². The quantitative estimate of drug-likeness (QED) is 0.0199. The number of ether oxygens (including phenoxy) is 6. The van der Waals surface area contributed by atoms with Crippen LogP contribution in [0.1, 0.15) is 290 Å². The third-order valence-corrected chi connectivity index (χ3v) is 19.6. The minimum Gasteiger partial charge on any atom is -0.394 e. The van der Waals surface area contributed by atoms with Crippen molar-refractivity contribution >= 4 is 5.91 Å². The number of aliphatic hydroxyl groups excluding tert-OH is 11. The number of amides is 1. The summed E-state index contributed by atoms with van der Waals surface area (Å²) < 4.78 is 34.4. The highest BCUT2D eigenvalue weighted by Gasteiger charge is 2.54. The normalized spacial score (nSPS) is 26.7. The molecule has 0 aromatic carbocycles. The van der Waals surface area contributed by atoms with E-state index in [9.17, 15) is 61.0 Å². The van der Waals surface area contributed by atoms with Gasteiger partial charge in [0, 0.05) is 6.42 Å². The first-order valence-corrected chi connectivity index (χ1v) is 40.5. The van der Waals surface area contributed by atoms with Gasteiger partial charge in [-0.2, -0.15) is 0 Å². The Morgan fingerprint density at radius 2 is 0.686 bits per heavy atom. The smallest absolute Gasteiger partial charge is 0.220 e. The summed E-state index contributed by atoms with van der Waals surface area (Å²) in [4.78, 5) is 13.5. The molecule has 0 spiro atoms. The maximum absolute atomic E-state index is 13.5. The van der Waals surface area contributed by atoms with E-state index in [-0.39, 0.29) is 18.9 Å². The zero-order valence-electron chi connectivity index (χ0n) is 63.1. The third-order valence-electron chi connectivity index (χ3n) is 19.6. The highest BCUT2D eigenvalue weighted by Crippen LogP contribution is 2.33. The van der Waals surface area contributed by atoms with Crippen LogP contribution < -0.4 is 5.32 Å². The third kappa shape index (κ3) is 42.3. The van der Waals surface area contributed by atoms with Crippen molar-refractivity contribution in [2.75, 3.05) is 26.4 Å². The van der Waals surface area contributed by atoms with E-state index in [1.54, 1.807) is 6.08 Å². The number of carbonyl (C=O) groups excluding carboxylic acids is 1. The van der Waals surface area contributed by atoms with Crippen LogP contribution in [0.5, 0.6) is 0 Å². The van der Waals surface area contributed by atoms with E-state index in [4.69, 9.17) is 28.4 Å². The summed E-state index contributed by atoms with van der Waals surface area (Å²) in [5.74, 6) is -0.301. The lowest BCUT2D eigenvalue weighted by molar-refractivity contribution is -0.379.